The van der Waals surface area contributed by atoms with Crippen LogP contribution in [0.25, 0.3) is 0 Å². The molecule has 1 aliphatic carbocycles. The summed E-state index contributed by atoms with van der Waals surface area (Å²) in [5.74, 6) is 0.533. The van der Waals surface area contributed by atoms with Gasteiger partial charge in [0.25, 0.3) is 0 Å². The third-order valence-electron chi connectivity index (χ3n) is 5.05. The van der Waals surface area contributed by atoms with Crippen molar-refractivity contribution >= 4 is 11.8 Å². The standard InChI is InChI=1S/C20H28O3/c21-19-15-14-17(13-12-16-8-4-3-5-9-16)18(19)10-6-1-2-7-11-20(22)23/h3-5,8-9,17-18H,1-2,6-7,10-15H2,(H,22,23)/t17-,18+/m1/s1. The molecule has 1 aromatic carbocycles. The monoisotopic (exact) mass is 316 g/mol. The van der Waals surface area contributed by atoms with Crippen molar-refractivity contribution in [1.29, 1.82) is 0 Å². The lowest BCUT2D eigenvalue weighted by Gasteiger charge is -2.18. The van der Waals surface area contributed by atoms with Gasteiger partial charge in [0.2, 0.25) is 0 Å². The quantitative estimate of drug-likeness (QED) is 0.640. The molecule has 0 radical (unpaired) electrons. The van der Waals surface area contributed by atoms with Crippen LogP contribution in [-0.4, -0.2) is 16.9 Å². The molecule has 0 saturated heterocycles. The van der Waals surface area contributed by atoms with Gasteiger partial charge in [-0.25, -0.2) is 0 Å². The zero-order valence-electron chi connectivity index (χ0n) is 13.9. The molecular weight excluding hydrogens is 288 g/mol. The average Bonchev–Trinajstić information content (AvgIpc) is 2.90. The summed E-state index contributed by atoms with van der Waals surface area (Å²) in [6.45, 7) is 0. The molecule has 1 aromatic rings. The molecule has 3 heteroatoms. The molecule has 0 heterocycles. The fourth-order valence-electron chi connectivity index (χ4n) is 3.71. The Morgan fingerprint density at radius 3 is 2.52 bits per heavy atom. The van der Waals surface area contributed by atoms with E-state index in [1.54, 1.807) is 0 Å². The Kier molecular flexibility index (Phi) is 7.31. The summed E-state index contributed by atoms with van der Waals surface area (Å²) in [5, 5.41) is 8.62. The van der Waals surface area contributed by atoms with Gasteiger partial charge >= 0.3 is 5.97 Å². The first-order valence-corrected chi connectivity index (χ1v) is 8.95. The van der Waals surface area contributed by atoms with Gasteiger partial charge in [-0.1, -0.05) is 49.6 Å². The van der Waals surface area contributed by atoms with Crippen LogP contribution in [0.15, 0.2) is 30.3 Å². The van der Waals surface area contributed by atoms with Crippen LogP contribution in [0, 0.1) is 11.8 Å². The van der Waals surface area contributed by atoms with E-state index >= 15 is 0 Å². The van der Waals surface area contributed by atoms with Crippen LogP contribution in [0.4, 0.5) is 0 Å². The van der Waals surface area contributed by atoms with Gasteiger partial charge in [-0.15, -0.1) is 0 Å². The van der Waals surface area contributed by atoms with Crippen LogP contribution in [0.5, 0.6) is 0 Å². The maximum Gasteiger partial charge on any atom is 0.303 e. The van der Waals surface area contributed by atoms with Crippen molar-refractivity contribution in [2.75, 3.05) is 0 Å². The van der Waals surface area contributed by atoms with E-state index < -0.39 is 5.97 Å². The van der Waals surface area contributed by atoms with Gasteiger partial charge in [-0.2, -0.15) is 0 Å². The Hall–Kier alpha value is -1.64. The largest absolute Gasteiger partial charge is 0.481 e. The second-order valence-corrected chi connectivity index (χ2v) is 6.74. The zero-order valence-corrected chi connectivity index (χ0v) is 13.9. The molecule has 0 amide bonds. The summed E-state index contributed by atoms with van der Waals surface area (Å²) in [6, 6.07) is 10.5. The molecule has 1 saturated carbocycles. The van der Waals surface area contributed by atoms with Crippen molar-refractivity contribution in [3.05, 3.63) is 35.9 Å². The minimum Gasteiger partial charge on any atom is -0.481 e. The predicted molar refractivity (Wildman–Crippen MR) is 91.3 cm³/mol. The maximum atomic E-state index is 12.1. The second-order valence-electron chi connectivity index (χ2n) is 6.74. The van der Waals surface area contributed by atoms with Crippen molar-refractivity contribution in [2.24, 2.45) is 11.8 Å². The minimum absolute atomic E-state index is 0.248. The lowest BCUT2D eigenvalue weighted by Crippen LogP contribution is -2.15. The molecule has 0 aliphatic heterocycles. The molecule has 2 rings (SSSR count). The van der Waals surface area contributed by atoms with Crippen molar-refractivity contribution in [3.8, 4) is 0 Å². The van der Waals surface area contributed by atoms with Crippen LogP contribution in [0.1, 0.15) is 63.4 Å². The number of carbonyl (C=O) groups excluding carboxylic acids is 1. The van der Waals surface area contributed by atoms with Gasteiger partial charge in [0, 0.05) is 18.8 Å². The molecule has 0 bridgehead atoms. The summed E-state index contributed by atoms with van der Waals surface area (Å²) in [6.07, 6.45) is 9.05. The smallest absolute Gasteiger partial charge is 0.303 e. The molecule has 0 aromatic heterocycles. The summed E-state index contributed by atoms with van der Waals surface area (Å²) in [5.41, 5.74) is 1.36. The number of hydrogen-bond acceptors (Lipinski definition) is 2. The van der Waals surface area contributed by atoms with Gasteiger partial charge in [-0.05, 0) is 43.6 Å². The van der Waals surface area contributed by atoms with Crippen molar-refractivity contribution in [3.63, 3.8) is 0 Å². The summed E-state index contributed by atoms with van der Waals surface area (Å²) < 4.78 is 0. The van der Waals surface area contributed by atoms with Crippen LogP contribution < -0.4 is 0 Å². The van der Waals surface area contributed by atoms with Gasteiger partial charge in [0.15, 0.2) is 0 Å². The van der Waals surface area contributed by atoms with Gasteiger partial charge in [0.05, 0.1) is 0 Å². The van der Waals surface area contributed by atoms with E-state index in [2.05, 4.69) is 24.3 Å². The summed E-state index contributed by atoms with van der Waals surface area (Å²) in [7, 11) is 0. The molecular formula is C20H28O3. The van der Waals surface area contributed by atoms with Gasteiger partial charge in [0.1, 0.15) is 5.78 Å². The van der Waals surface area contributed by atoms with Crippen LogP contribution in [0.3, 0.4) is 0 Å². The highest BCUT2D eigenvalue weighted by Gasteiger charge is 2.33. The first-order chi connectivity index (χ1) is 11.2. The highest BCUT2D eigenvalue weighted by Crippen LogP contribution is 2.35. The Morgan fingerprint density at radius 1 is 1.04 bits per heavy atom. The number of carboxylic acid groups (broad SMARTS) is 1. The number of carbonyl (C=O) groups is 2. The van der Waals surface area contributed by atoms with E-state index in [0.717, 1.165) is 57.8 Å². The van der Waals surface area contributed by atoms with Crippen molar-refractivity contribution < 1.29 is 14.7 Å². The molecule has 23 heavy (non-hydrogen) atoms. The number of aryl methyl sites for hydroxylation is 1. The highest BCUT2D eigenvalue weighted by atomic mass is 16.4. The fraction of sp³-hybridized carbons (Fsp3) is 0.600. The predicted octanol–water partition coefficient (Wildman–Crippen LogP) is 4.64. The molecule has 0 spiro atoms. The van der Waals surface area contributed by atoms with Crippen LogP contribution in [0.2, 0.25) is 0 Å². The zero-order chi connectivity index (χ0) is 16.5. The van der Waals surface area contributed by atoms with E-state index in [-0.39, 0.29) is 12.3 Å². The third kappa shape index (κ3) is 6.17. The molecule has 1 N–H and O–H groups in total. The Labute approximate surface area is 139 Å². The molecule has 0 unspecified atom stereocenters. The first kappa shape index (κ1) is 17.7. The number of benzene rings is 1. The van der Waals surface area contributed by atoms with Crippen LogP contribution in [-0.2, 0) is 16.0 Å². The van der Waals surface area contributed by atoms with Crippen molar-refractivity contribution in [1.82, 2.24) is 0 Å². The number of rotatable bonds is 10. The number of aliphatic carboxylic acids is 1. The van der Waals surface area contributed by atoms with E-state index in [1.807, 2.05) is 6.07 Å². The third-order valence-corrected chi connectivity index (χ3v) is 5.05. The fourth-order valence-corrected chi connectivity index (χ4v) is 3.71. The Morgan fingerprint density at radius 2 is 1.78 bits per heavy atom. The first-order valence-electron chi connectivity index (χ1n) is 8.95. The normalized spacial score (nSPS) is 20.8. The Balaban J connectivity index is 1.68. The lowest BCUT2D eigenvalue weighted by molar-refractivity contribution is -0.137. The molecule has 2 atom stereocenters. The SMILES string of the molecule is O=C(O)CCCCCC[C@@H]1C(=O)CC[C@H]1CCc1ccccc1. The number of carboxylic acids is 1. The van der Waals surface area contributed by atoms with E-state index in [0.29, 0.717) is 11.7 Å². The maximum absolute atomic E-state index is 12.1. The summed E-state index contributed by atoms with van der Waals surface area (Å²) in [4.78, 5) is 22.6. The summed E-state index contributed by atoms with van der Waals surface area (Å²) >= 11 is 0. The number of Topliss-reactive ketones (excluding diaryl/α,β-unsaturated/α-hetero) is 1. The Bertz CT molecular complexity index is 495. The van der Waals surface area contributed by atoms with Gasteiger partial charge < -0.3 is 5.11 Å². The molecule has 3 nitrogen and oxygen atoms in total. The van der Waals surface area contributed by atoms with Crippen molar-refractivity contribution in [2.45, 2.75) is 64.2 Å². The molecule has 126 valence electrons. The topological polar surface area (TPSA) is 54.4 Å². The van der Waals surface area contributed by atoms with E-state index in [4.69, 9.17) is 5.11 Å². The minimum atomic E-state index is -0.711. The van der Waals surface area contributed by atoms with E-state index in [1.165, 1.54) is 5.56 Å². The number of ketones is 1. The van der Waals surface area contributed by atoms with Gasteiger partial charge in [-0.3, -0.25) is 9.59 Å². The second kappa shape index (κ2) is 9.49. The molecule has 1 fully saturated rings. The van der Waals surface area contributed by atoms with Crippen LogP contribution >= 0.6 is 0 Å². The molecule has 1 aliphatic rings. The number of hydrogen-bond donors (Lipinski definition) is 1. The highest BCUT2D eigenvalue weighted by molar-refractivity contribution is 5.83. The lowest BCUT2D eigenvalue weighted by atomic mass is 9.86. The number of unbranched alkanes of at least 4 members (excludes halogenated alkanes) is 3. The average molecular weight is 316 g/mol. The van der Waals surface area contributed by atoms with E-state index in [9.17, 15) is 9.59 Å².